The molecule has 6 nitrogen and oxygen atoms in total. The Morgan fingerprint density at radius 3 is 2.46 bits per heavy atom. The fourth-order valence-electron chi connectivity index (χ4n) is 2.05. The van der Waals surface area contributed by atoms with E-state index in [1.54, 1.807) is 0 Å². The van der Waals surface area contributed by atoms with Crippen LogP contribution in [0.25, 0.3) is 0 Å². The molecule has 2 aromatic rings. The summed E-state index contributed by atoms with van der Waals surface area (Å²) in [5.41, 5.74) is 0.0651. The summed E-state index contributed by atoms with van der Waals surface area (Å²) in [7, 11) is -3.05. The van der Waals surface area contributed by atoms with Gasteiger partial charge in [-0.25, -0.2) is 17.2 Å². The Labute approximate surface area is 154 Å². The third-order valence-corrected chi connectivity index (χ3v) is 5.64. The van der Waals surface area contributed by atoms with Gasteiger partial charge < -0.3 is 10.4 Å². The van der Waals surface area contributed by atoms with Crippen molar-refractivity contribution < 1.29 is 27.1 Å². The summed E-state index contributed by atoms with van der Waals surface area (Å²) >= 11 is 5.63. The van der Waals surface area contributed by atoms with E-state index < -0.39 is 39.1 Å². The van der Waals surface area contributed by atoms with Crippen molar-refractivity contribution in [3.8, 4) is 0 Å². The fourth-order valence-corrected chi connectivity index (χ4v) is 3.48. The number of carbonyl (C=O) groups excluding carboxylic acids is 1. The van der Waals surface area contributed by atoms with E-state index in [1.807, 2.05) is 0 Å². The molecule has 2 aromatic carbocycles. The van der Waals surface area contributed by atoms with Gasteiger partial charge in [-0.2, -0.15) is 4.31 Å². The predicted octanol–water partition coefficient (Wildman–Crippen LogP) is 2.48. The van der Waals surface area contributed by atoms with E-state index in [0.29, 0.717) is 0 Å². The topological polar surface area (TPSA) is 86.7 Å². The van der Waals surface area contributed by atoms with E-state index in [1.165, 1.54) is 19.2 Å². The van der Waals surface area contributed by atoms with Gasteiger partial charge in [0, 0.05) is 24.8 Å². The van der Waals surface area contributed by atoms with Crippen LogP contribution >= 0.6 is 11.6 Å². The molecule has 2 rings (SSSR count). The van der Waals surface area contributed by atoms with E-state index >= 15 is 0 Å². The number of aliphatic hydroxyl groups excluding tert-OH is 1. The van der Waals surface area contributed by atoms with Gasteiger partial charge in [-0.3, -0.25) is 4.79 Å². The van der Waals surface area contributed by atoms with Gasteiger partial charge in [-0.1, -0.05) is 11.6 Å². The summed E-state index contributed by atoms with van der Waals surface area (Å²) in [6, 6.07) is 6.37. The minimum atomic E-state index is -4.23. The largest absolute Gasteiger partial charge is 0.395 e. The molecule has 0 aliphatic rings. The quantitative estimate of drug-likeness (QED) is 0.774. The van der Waals surface area contributed by atoms with Gasteiger partial charge in [-0.05, 0) is 36.4 Å². The van der Waals surface area contributed by atoms with Crippen LogP contribution < -0.4 is 5.32 Å². The zero-order valence-electron chi connectivity index (χ0n) is 13.5. The molecule has 0 unspecified atom stereocenters. The highest BCUT2D eigenvalue weighted by molar-refractivity contribution is 7.89. The molecule has 0 bridgehead atoms. The van der Waals surface area contributed by atoms with Gasteiger partial charge in [0.1, 0.15) is 16.5 Å². The van der Waals surface area contributed by atoms with Crippen LogP contribution in [0, 0.1) is 11.6 Å². The first kappa shape index (κ1) is 20.2. The van der Waals surface area contributed by atoms with E-state index in [0.717, 1.165) is 28.6 Å². The zero-order valence-corrected chi connectivity index (χ0v) is 15.1. The number of benzene rings is 2. The first-order valence-electron chi connectivity index (χ1n) is 7.30. The van der Waals surface area contributed by atoms with E-state index in [4.69, 9.17) is 16.7 Å². The first-order chi connectivity index (χ1) is 12.2. The Kier molecular flexibility index (Phi) is 6.30. The Bertz CT molecular complexity index is 938. The standard InChI is InChI=1S/C16H15ClF2N2O4S/c1-21(6-7-22)26(24,25)15-8-10(2-4-14(15)19)16(23)20-11-3-5-13(18)12(17)9-11/h2-5,8-9,22H,6-7H2,1H3,(H,20,23). The average Bonchev–Trinajstić information content (AvgIpc) is 2.58. The molecule has 0 saturated heterocycles. The number of aliphatic hydroxyl groups is 1. The van der Waals surface area contributed by atoms with Crippen LogP contribution in [0.3, 0.4) is 0 Å². The Hall–Kier alpha value is -2.07. The van der Waals surface area contributed by atoms with Gasteiger partial charge in [0.15, 0.2) is 0 Å². The summed E-state index contributed by atoms with van der Waals surface area (Å²) in [4.78, 5) is 11.6. The molecule has 0 aliphatic heterocycles. The molecule has 140 valence electrons. The number of sulfonamides is 1. The first-order valence-corrected chi connectivity index (χ1v) is 9.11. The molecular formula is C16H15ClF2N2O4S. The summed E-state index contributed by atoms with van der Waals surface area (Å²) in [6.45, 7) is -0.672. The van der Waals surface area contributed by atoms with Crippen LogP contribution in [0.4, 0.5) is 14.5 Å². The number of nitrogens with zero attached hydrogens (tertiary/aromatic N) is 1. The molecule has 2 N–H and O–H groups in total. The van der Waals surface area contributed by atoms with Gasteiger partial charge in [0.05, 0.1) is 11.6 Å². The Morgan fingerprint density at radius 2 is 1.85 bits per heavy atom. The maximum Gasteiger partial charge on any atom is 0.255 e. The minimum Gasteiger partial charge on any atom is -0.395 e. The van der Waals surface area contributed by atoms with Crippen molar-refractivity contribution in [1.29, 1.82) is 0 Å². The highest BCUT2D eigenvalue weighted by atomic mass is 35.5. The molecule has 0 aromatic heterocycles. The van der Waals surface area contributed by atoms with Crippen molar-refractivity contribution in [1.82, 2.24) is 4.31 Å². The predicted molar refractivity (Wildman–Crippen MR) is 92.7 cm³/mol. The van der Waals surface area contributed by atoms with Crippen molar-refractivity contribution in [2.24, 2.45) is 0 Å². The summed E-state index contributed by atoms with van der Waals surface area (Å²) < 4.78 is 52.6. The lowest BCUT2D eigenvalue weighted by Gasteiger charge is -2.17. The highest BCUT2D eigenvalue weighted by Crippen LogP contribution is 2.22. The molecule has 0 saturated carbocycles. The second-order valence-corrected chi connectivity index (χ2v) is 7.70. The number of nitrogens with one attached hydrogen (secondary N) is 1. The van der Waals surface area contributed by atoms with Gasteiger partial charge in [0.25, 0.3) is 5.91 Å². The van der Waals surface area contributed by atoms with Crippen molar-refractivity contribution in [2.75, 3.05) is 25.5 Å². The molecule has 0 spiro atoms. The number of likely N-dealkylation sites (N-methyl/N-ethyl adjacent to an activating group) is 1. The van der Waals surface area contributed by atoms with Crippen molar-refractivity contribution in [2.45, 2.75) is 4.90 Å². The van der Waals surface area contributed by atoms with E-state index in [-0.39, 0.29) is 22.8 Å². The zero-order chi connectivity index (χ0) is 19.5. The number of hydrogen-bond acceptors (Lipinski definition) is 4. The maximum absolute atomic E-state index is 14.0. The lowest BCUT2D eigenvalue weighted by molar-refractivity contribution is 0.102. The molecular weight excluding hydrogens is 390 g/mol. The van der Waals surface area contributed by atoms with Crippen LogP contribution in [0.2, 0.25) is 5.02 Å². The molecule has 0 heterocycles. The van der Waals surface area contributed by atoms with Crippen LogP contribution in [0.15, 0.2) is 41.3 Å². The molecule has 0 fully saturated rings. The third-order valence-electron chi connectivity index (χ3n) is 3.47. The molecule has 0 atom stereocenters. The number of carbonyl (C=O) groups is 1. The molecule has 10 heteroatoms. The second-order valence-electron chi connectivity index (χ2n) is 5.28. The number of amides is 1. The van der Waals surface area contributed by atoms with Crippen molar-refractivity contribution in [3.05, 3.63) is 58.6 Å². The average molecular weight is 405 g/mol. The lowest BCUT2D eigenvalue weighted by Crippen LogP contribution is -2.30. The number of rotatable bonds is 6. The number of anilines is 1. The van der Waals surface area contributed by atoms with E-state index in [2.05, 4.69) is 5.32 Å². The fraction of sp³-hybridized carbons (Fsp3) is 0.188. The summed E-state index contributed by atoms with van der Waals surface area (Å²) in [6.07, 6.45) is 0. The van der Waals surface area contributed by atoms with Gasteiger partial charge >= 0.3 is 0 Å². The molecule has 26 heavy (non-hydrogen) atoms. The Balaban J connectivity index is 2.33. The normalized spacial score (nSPS) is 11.6. The van der Waals surface area contributed by atoms with Crippen LogP contribution in [-0.4, -0.2) is 43.9 Å². The summed E-state index contributed by atoms with van der Waals surface area (Å²) in [5.74, 6) is -2.42. The molecule has 0 radical (unpaired) electrons. The Morgan fingerprint density at radius 1 is 1.19 bits per heavy atom. The van der Waals surface area contributed by atoms with Gasteiger partial charge in [-0.15, -0.1) is 0 Å². The highest BCUT2D eigenvalue weighted by Gasteiger charge is 2.25. The minimum absolute atomic E-state index is 0.122. The summed E-state index contributed by atoms with van der Waals surface area (Å²) in [5, 5.41) is 11.1. The number of hydrogen-bond donors (Lipinski definition) is 2. The van der Waals surface area contributed by atoms with Crippen LogP contribution in [-0.2, 0) is 10.0 Å². The SMILES string of the molecule is CN(CCO)S(=O)(=O)c1cc(C(=O)Nc2ccc(F)c(Cl)c2)ccc1F. The second kappa shape index (κ2) is 8.09. The smallest absolute Gasteiger partial charge is 0.255 e. The third kappa shape index (κ3) is 4.36. The lowest BCUT2D eigenvalue weighted by atomic mass is 10.2. The monoisotopic (exact) mass is 404 g/mol. The van der Waals surface area contributed by atoms with Crippen LogP contribution in [0.1, 0.15) is 10.4 Å². The van der Waals surface area contributed by atoms with Crippen molar-refractivity contribution >= 4 is 33.2 Å². The molecule has 0 aliphatic carbocycles. The van der Waals surface area contributed by atoms with Crippen molar-refractivity contribution in [3.63, 3.8) is 0 Å². The van der Waals surface area contributed by atoms with Gasteiger partial charge in [0.2, 0.25) is 10.0 Å². The number of halogens is 3. The van der Waals surface area contributed by atoms with Crippen LogP contribution in [0.5, 0.6) is 0 Å². The maximum atomic E-state index is 14.0. The van der Waals surface area contributed by atoms with E-state index in [9.17, 15) is 22.0 Å². The molecule has 1 amide bonds.